The first-order valence-electron chi connectivity index (χ1n) is 7.39. The molecular formula is C16H27NO2. The first kappa shape index (κ1) is 15.8. The fourth-order valence-electron chi connectivity index (χ4n) is 1.82. The first-order chi connectivity index (χ1) is 9.33. The molecule has 0 amide bonds. The van der Waals surface area contributed by atoms with Gasteiger partial charge in [0.2, 0.25) is 0 Å². The second-order valence-corrected chi connectivity index (χ2v) is 4.80. The number of unbranched alkanes of at least 4 members (excludes halogenated alkanes) is 4. The van der Waals surface area contributed by atoms with Crippen molar-refractivity contribution in [1.29, 1.82) is 0 Å². The molecule has 0 fully saturated rings. The maximum Gasteiger partial charge on any atom is 0.119 e. The van der Waals surface area contributed by atoms with Crippen LogP contribution in [-0.2, 0) is 4.74 Å². The number of benzene rings is 1. The van der Waals surface area contributed by atoms with Crippen molar-refractivity contribution < 1.29 is 9.47 Å². The lowest BCUT2D eigenvalue weighted by Gasteiger charge is -2.07. The summed E-state index contributed by atoms with van der Waals surface area (Å²) in [6.45, 7) is 4.59. The Hall–Kier alpha value is -1.22. The van der Waals surface area contributed by atoms with Gasteiger partial charge in [0.15, 0.2) is 0 Å². The van der Waals surface area contributed by atoms with E-state index in [0.29, 0.717) is 6.61 Å². The lowest BCUT2D eigenvalue weighted by molar-refractivity contribution is 0.116. The highest BCUT2D eigenvalue weighted by Gasteiger charge is 1.94. The van der Waals surface area contributed by atoms with Crippen LogP contribution in [0.4, 0.5) is 5.69 Å². The minimum atomic E-state index is 0.694. The van der Waals surface area contributed by atoms with Crippen molar-refractivity contribution >= 4 is 5.69 Å². The molecular weight excluding hydrogens is 238 g/mol. The molecule has 0 aliphatic rings. The molecule has 0 aliphatic heterocycles. The molecule has 0 atom stereocenters. The third-order valence-corrected chi connectivity index (χ3v) is 2.97. The van der Waals surface area contributed by atoms with E-state index in [0.717, 1.165) is 31.1 Å². The van der Waals surface area contributed by atoms with Gasteiger partial charge in [0.25, 0.3) is 0 Å². The van der Waals surface area contributed by atoms with Gasteiger partial charge in [-0.1, -0.05) is 32.6 Å². The normalized spacial score (nSPS) is 10.6. The number of hydrogen-bond donors (Lipinski definition) is 1. The Balaban J connectivity index is 1.87. The molecule has 1 rings (SSSR count). The van der Waals surface area contributed by atoms with Crippen LogP contribution in [0.2, 0.25) is 0 Å². The number of anilines is 1. The standard InChI is InChI=1S/C16H27NO2/c1-2-3-4-5-6-12-18-13-7-14-19-16-10-8-15(17)9-11-16/h8-11H,2-7,12-14,17H2,1H3. The topological polar surface area (TPSA) is 44.5 Å². The predicted octanol–water partition coefficient (Wildman–Crippen LogP) is 4.02. The summed E-state index contributed by atoms with van der Waals surface area (Å²) in [4.78, 5) is 0. The summed E-state index contributed by atoms with van der Waals surface area (Å²) in [6.07, 6.45) is 7.37. The monoisotopic (exact) mass is 265 g/mol. The van der Waals surface area contributed by atoms with Crippen LogP contribution in [0.15, 0.2) is 24.3 Å². The van der Waals surface area contributed by atoms with Gasteiger partial charge in [-0.3, -0.25) is 0 Å². The van der Waals surface area contributed by atoms with Crippen molar-refractivity contribution in [3.8, 4) is 5.75 Å². The summed E-state index contributed by atoms with van der Waals surface area (Å²) in [5.74, 6) is 0.869. The van der Waals surface area contributed by atoms with E-state index < -0.39 is 0 Å². The molecule has 0 heterocycles. The van der Waals surface area contributed by atoms with Gasteiger partial charge >= 0.3 is 0 Å². The van der Waals surface area contributed by atoms with Gasteiger partial charge in [-0.25, -0.2) is 0 Å². The molecule has 0 aromatic heterocycles. The van der Waals surface area contributed by atoms with Gasteiger partial charge in [-0.15, -0.1) is 0 Å². The molecule has 0 aliphatic carbocycles. The van der Waals surface area contributed by atoms with Crippen LogP contribution in [0.1, 0.15) is 45.4 Å². The van der Waals surface area contributed by atoms with Crippen LogP contribution in [0.25, 0.3) is 0 Å². The van der Waals surface area contributed by atoms with Crippen molar-refractivity contribution in [2.75, 3.05) is 25.6 Å². The summed E-state index contributed by atoms with van der Waals surface area (Å²) in [7, 11) is 0. The fourth-order valence-corrected chi connectivity index (χ4v) is 1.82. The summed E-state index contributed by atoms with van der Waals surface area (Å²) in [6, 6.07) is 7.48. The predicted molar refractivity (Wildman–Crippen MR) is 80.5 cm³/mol. The maximum atomic E-state index is 5.60. The summed E-state index contributed by atoms with van der Waals surface area (Å²) >= 11 is 0. The van der Waals surface area contributed by atoms with E-state index >= 15 is 0 Å². The lowest BCUT2D eigenvalue weighted by Crippen LogP contribution is -2.04. The molecule has 0 radical (unpaired) electrons. The zero-order chi connectivity index (χ0) is 13.8. The highest BCUT2D eigenvalue weighted by atomic mass is 16.5. The molecule has 3 nitrogen and oxygen atoms in total. The third kappa shape index (κ3) is 8.49. The number of rotatable bonds is 11. The van der Waals surface area contributed by atoms with E-state index in [1.807, 2.05) is 24.3 Å². The number of nitrogen functional groups attached to an aromatic ring is 1. The highest BCUT2D eigenvalue weighted by molar-refractivity contribution is 5.41. The largest absolute Gasteiger partial charge is 0.494 e. The number of ether oxygens (including phenoxy) is 2. The van der Waals surface area contributed by atoms with Crippen LogP contribution in [-0.4, -0.2) is 19.8 Å². The van der Waals surface area contributed by atoms with Crippen LogP contribution in [0.3, 0.4) is 0 Å². The van der Waals surface area contributed by atoms with Crippen LogP contribution in [0.5, 0.6) is 5.75 Å². The quantitative estimate of drug-likeness (QED) is 0.485. The summed E-state index contributed by atoms with van der Waals surface area (Å²) < 4.78 is 11.2. The number of hydrogen-bond acceptors (Lipinski definition) is 3. The van der Waals surface area contributed by atoms with E-state index in [2.05, 4.69) is 6.92 Å². The molecule has 0 unspecified atom stereocenters. The van der Waals surface area contributed by atoms with Crippen LogP contribution in [0, 0.1) is 0 Å². The van der Waals surface area contributed by atoms with E-state index in [1.54, 1.807) is 0 Å². The minimum absolute atomic E-state index is 0.694. The minimum Gasteiger partial charge on any atom is -0.494 e. The van der Waals surface area contributed by atoms with E-state index in [9.17, 15) is 0 Å². The maximum absolute atomic E-state index is 5.60. The zero-order valence-corrected chi connectivity index (χ0v) is 12.1. The summed E-state index contributed by atoms with van der Waals surface area (Å²) in [5.41, 5.74) is 6.37. The summed E-state index contributed by atoms with van der Waals surface area (Å²) in [5, 5.41) is 0. The van der Waals surface area contributed by atoms with E-state index in [1.165, 1.54) is 32.1 Å². The molecule has 1 aromatic rings. The second-order valence-electron chi connectivity index (χ2n) is 4.80. The van der Waals surface area contributed by atoms with E-state index in [4.69, 9.17) is 15.2 Å². The Labute approximate surface area is 117 Å². The van der Waals surface area contributed by atoms with Gasteiger partial charge in [0.1, 0.15) is 5.75 Å². The van der Waals surface area contributed by atoms with Crippen molar-refractivity contribution in [2.24, 2.45) is 0 Å². The van der Waals surface area contributed by atoms with E-state index in [-0.39, 0.29) is 0 Å². The van der Waals surface area contributed by atoms with Gasteiger partial charge in [0.05, 0.1) is 6.61 Å². The van der Waals surface area contributed by atoms with Crippen LogP contribution < -0.4 is 10.5 Å². The molecule has 108 valence electrons. The highest BCUT2D eigenvalue weighted by Crippen LogP contribution is 2.13. The molecule has 2 N–H and O–H groups in total. The van der Waals surface area contributed by atoms with Crippen LogP contribution >= 0.6 is 0 Å². The Morgan fingerprint density at radius 1 is 0.842 bits per heavy atom. The van der Waals surface area contributed by atoms with Gasteiger partial charge in [-0.2, -0.15) is 0 Å². The first-order valence-corrected chi connectivity index (χ1v) is 7.39. The molecule has 19 heavy (non-hydrogen) atoms. The lowest BCUT2D eigenvalue weighted by atomic mass is 10.2. The number of nitrogens with two attached hydrogens (primary N) is 1. The van der Waals surface area contributed by atoms with Crippen molar-refractivity contribution in [1.82, 2.24) is 0 Å². The molecule has 1 aromatic carbocycles. The molecule has 0 spiro atoms. The molecule has 0 saturated heterocycles. The zero-order valence-electron chi connectivity index (χ0n) is 12.1. The third-order valence-electron chi connectivity index (χ3n) is 2.97. The van der Waals surface area contributed by atoms with Crippen molar-refractivity contribution in [2.45, 2.75) is 45.4 Å². The molecule has 0 bridgehead atoms. The van der Waals surface area contributed by atoms with Crippen molar-refractivity contribution in [3.63, 3.8) is 0 Å². The molecule has 0 saturated carbocycles. The Morgan fingerprint density at radius 3 is 2.26 bits per heavy atom. The Bertz CT molecular complexity index is 311. The Morgan fingerprint density at radius 2 is 1.53 bits per heavy atom. The van der Waals surface area contributed by atoms with Gasteiger partial charge in [-0.05, 0) is 30.7 Å². The van der Waals surface area contributed by atoms with Crippen molar-refractivity contribution in [3.05, 3.63) is 24.3 Å². The van der Waals surface area contributed by atoms with Gasteiger partial charge < -0.3 is 15.2 Å². The average molecular weight is 265 g/mol. The molecule has 3 heteroatoms. The average Bonchev–Trinajstić information content (AvgIpc) is 2.43. The van der Waals surface area contributed by atoms with Gasteiger partial charge in [0, 0.05) is 25.3 Å². The fraction of sp³-hybridized carbons (Fsp3) is 0.625. The second kappa shape index (κ2) is 10.7. The SMILES string of the molecule is CCCCCCCOCCCOc1ccc(N)cc1. The smallest absolute Gasteiger partial charge is 0.119 e. The Kier molecular flexibility index (Phi) is 8.90.